The van der Waals surface area contributed by atoms with Gasteiger partial charge in [0, 0.05) is 42.7 Å². The Bertz CT molecular complexity index is 1030. The van der Waals surface area contributed by atoms with E-state index in [0.29, 0.717) is 12.3 Å². The van der Waals surface area contributed by atoms with Crippen molar-refractivity contribution in [2.75, 3.05) is 6.61 Å². The molecule has 8 nitrogen and oxygen atoms in total. The van der Waals surface area contributed by atoms with Crippen LogP contribution < -0.4 is 4.74 Å². The summed E-state index contributed by atoms with van der Waals surface area (Å²) < 4.78 is 6.24. The first-order valence-electron chi connectivity index (χ1n) is 10.2. The van der Waals surface area contributed by atoms with Crippen LogP contribution in [0.2, 0.25) is 0 Å². The number of ether oxygens (including phenoxy) is 1. The molecule has 2 fully saturated rings. The number of fused-ring (bicyclic) bond motifs is 2. The van der Waals surface area contributed by atoms with Crippen LogP contribution in [0.4, 0.5) is 0 Å². The molecule has 2 aliphatic rings. The first-order valence-corrected chi connectivity index (χ1v) is 10.2. The molecule has 1 amide bonds. The summed E-state index contributed by atoms with van der Waals surface area (Å²) >= 11 is 0. The van der Waals surface area contributed by atoms with Crippen LogP contribution in [0.5, 0.6) is 5.88 Å². The van der Waals surface area contributed by atoms with Crippen molar-refractivity contribution in [3.63, 3.8) is 0 Å². The van der Waals surface area contributed by atoms with Gasteiger partial charge in [0.2, 0.25) is 12.3 Å². The number of rotatable bonds is 6. The van der Waals surface area contributed by atoms with Gasteiger partial charge in [0.15, 0.2) is 0 Å². The second-order valence-electron chi connectivity index (χ2n) is 8.31. The highest BCUT2D eigenvalue weighted by atomic mass is 16.5. The van der Waals surface area contributed by atoms with Gasteiger partial charge in [-0.05, 0) is 30.9 Å². The molecule has 3 aromatic heterocycles. The van der Waals surface area contributed by atoms with Crippen LogP contribution in [0.3, 0.4) is 0 Å². The molecular weight excluding hydrogens is 380 g/mol. The molecule has 30 heavy (non-hydrogen) atoms. The molecule has 5 heterocycles. The minimum absolute atomic E-state index is 0.0817. The van der Waals surface area contributed by atoms with E-state index < -0.39 is 11.1 Å². The second-order valence-corrected chi connectivity index (χ2v) is 8.31. The first-order chi connectivity index (χ1) is 14.6. The summed E-state index contributed by atoms with van der Waals surface area (Å²) in [6.07, 6.45) is 11.3. The normalized spacial score (nSPS) is 29.9. The van der Waals surface area contributed by atoms with Gasteiger partial charge in [-0.3, -0.25) is 9.78 Å². The number of hydrogen-bond acceptors (Lipinski definition) is 6. The summed E-state index contributed by atoms with van der Waals surface area (Å²) in [6, 6.07) is 7.87. The standard InChI is InChI=1S/C22H24N6O2/c1-16-5-6-20(24-12-16)30-14-22-17(2)10-19(27(22)15-29)11-21(22,28-25-8-9-26-28)18-4-3-7-23-13-18/h3-9,12-13,15,17,19H,10-11,14H2,1-2H3. The van der Waals surface area contributed by atoms with Crippen LogP contribution in [0, 0.1) is 12.8 Å². The van der Waals surface area contributed by atoms with Crippen LogP contribution in [-0.4, -0.2) is 54.5 Å². The SMILES string of the molecule is Cc1ccc(OCC23C(C)CC(CC2(c2cccnc2)n2nccn2)N3C=O)nc1. The van der Waals surface area contributed by atoms with Crippen molar-refractivity contribution in [2.24, 2.45) is 5.92 Å². The van der Waals surface area contributed by atoms with Gasteiger partial charge in [-0.1, -0.05) is 19.1 Å². The molecule has 0 radical (unpaired) electrons. The minimum Gasteiger partial charge on any atom is -0.475 e. The molecule has 0 spiro atoms. The fraction of sp³-hybridized carbons (Fsp3) is 0.409. The number of pyridine rings is 2. The van der Waals surface area contributed by atoms with Crippen molar-refractivity contribution in [2.45, 2.75) is 43.8 Å². The predicted molar refractivity (Wildman–Crippen MR) is 109 cm³/mol. The molecule has 0 saturated carbocycles. The van der Waals surface area contributed by atoms with Crippen LogP contribution in [0.15, 0.2) is 55.2 Å². The predicted octanol–water partition coefficient (Wildman–Crippen LogP) is 2.21. The zero-order valence-corrected chi connectivity index (χ0v) is 17.0. The van der Waals surface area contributed by atoms with Crippen LogP contribution >= 0.6 is 0 Å². The highest BCUT2D eigenvalue weighted by molar-refractivity contribution is 5.56. The largest absolute Gasteiger partial charge is 0.475 e. The summed E-state index contributed by atoms with van der Waals surface area (Å²) in [7, 11) is 0. The molecule has 0 aliphatic carbocycles. The molecule has 4 unspecified atom stereocenters. The number of aromatic nitrogens is 5. The van der Waals surface area contributed by atoms with E-state index in [0.717, 1.165) is 24.0 Å². The minimum atomic E-state index is -0.682. The molecule has 2 saturated heterocycles. The summed E-state index contributed by atoms with van der Waals surface area (Å²) in [5.74, 6) is 0.704. The Balaban J connectivity index is 1.67. The number of nitrogens with zero attached hydrogens (tertiary/aromatic N) is 6. The third-order valence-corrected chi connectivity index (χ3v) is 6.88. The van der Waals surface area contributed by atoms with Gasteiger partial charge in [-0.2, -0.15) is 15.0 Å². The fourth-order valence-corrected chi connectivity index (χ4v) is 5.62. The van der Waals surface area contributed by atoms with Gasteiger partial charge in [-0.25, -0.2) is 4.98 Å². The van der Waals surface area contributed by atoms with Gasteiger partial charge in [-0.15, -0.1) is 0 Å². The van der Waals surface area contributed by atoms with Crippen molar-refractivity contribution in [3.05, 3.63) is 66.4 Å². The number of aryl methyl sites for hydroxylation is 1. The zero-order valence-electron chi connectivity index (χ0n) is 17.0. The Morgan fingerprint density at radius 2 is 2.03 bits per heavy atom. The molecule has 154 valence electrons. The topological polar surface area (TPSA) is 86.0 Å². The van der Waals surface area contributed by atoms with Crippen molar-refractivity contribution >= 4 is 6.41 Å². The Kier molecular flexibility index (Phi) is 4.30. The molecule has 8 heteroatoms. The lowest BCUT2D eigenvalue weighted by atomic mass is 9.63. The Labute approximate surface area is 174 Å². The third-order valence-electron chi connectivity index (χ3n) is 6.88. The molecule has 0 aromatic carbocycles. The summed E-state index contributed by atoms with van der Waals surface area (Å²) in [5, 5.41) is 9.09. The van der Waals surface area contributed by atoms with E-state index in [2.05, 4.69) is 27.1 Å². The quantitative estimate of drug-likeness (QED) is 0.586. The van der Waals surface area contributed by atoms with Gasteiger partial charge < -0.3 is 9.64 Å². The maximum Gasteiger partial charge on any atom is 0.213 e. The molecule has 3 aromatic rings. The Morgan fingerprint density at radius 1 is 1.20 bits per heavy atom. The fourth-order valence-electron chi connectivity index (χ4n) is 5.62. The third kappa shape index (κ3) is 2.42. The first kappa shape index (κ1) is 18.7. The lowest BCUT2D eigenvalue weighted by Gasteiger charge is -2.49. The number of amides is 1. The molecular formula is C22H24N6O2. The van der Waals surface area contributed by atoms with Crippen LogP contribution in [0.1, 0.15) is 30.9 Å². The van der Waals surface area contributed by atoms with Crippen molar-refractivity contribution < 1.29 is 9.53 Å². The van der Waals surface area contributed by atoms with E-state index in [1.54, 1.807) is 29.6 Å². The van der Waals surface area contributed by atoms with E-state index in [4.69, 9.17) is 4.74 Å². The van der Waals surface area contributed by atoms with E-state index in [-0.39, 0.29) is 18.6 Å². The van der Waals surface area contributed by atoms with Crippen LogP contribution in [-0.2, 0) is 10.3 Å². The maximum absolute atomic E-state index is 12.4. The Morgan fingerprint density at radius 3 is 2.70 bits per heavy atom. The summed E-state index contributed by atoms with van der Waals surface area (Å²) in [6.45, 7) is 4.45. The summed E-state index contributed by atoms with van der Waals surface area (Å²) in [4.78, 5) is 24.8. The highest BCUT2D eigenvalue weighted by Crippen LogP contribution is 2.60. The number of carbonyl (C=O) groups excluding carboxylic acids is 1. The number of carbonyl (C=O) groups is 1. The maximum atomic E-state index is 12.4. The van der Waals surface area contributed by atoms with Crippen molar-refractivity contribution in [3.8, 4) is 5.88 Å². The van der Waals surface area contributed by atoms with E-state index in [9.17, 15) is 4.79 Å². The molecule has 2 aliphatic heterocycles. The smallest absolute Gasteiger partial charge is 0.213 e. The van der Waals surface area contributed by atoms with Crippen LogP contribution in [0.25, 0.3) is 0 Å². The van der Waals surface area contributed by atoms with Gasteiger partial charge >= 0.3 is 0 Å². The lowest BCUT2D eigenvalue weighted by Crippen LogP contribution is -2.65. The average Bonchev–Trinajstić information content (AvgIpc) is 3.46. The monoisotopic (exact) mass is 404 g/mol. The Hall–Kier alpha value is -3.29. The highest BCUT2D eigenvalue weighted by Gasteiger charge is 2.72. The molecule has 0 N–H and O–H groups in total. The number of hydrogen-bond donors (Lipinski definition) is 0. The van der Waals surface area contributed by atoms with Gasteiger partial charge in [0.25, 0.3) is 0 Å². The second kappa shape index (κ2) is 6.90. The summed E-state index contributed by atoms with van der Waals surface area (Å²) in [5.41, 5.74) is 0.686. The zero-order chi connectivity index (χ0) is 20.8. The van der Waals surface area contributed by atoms with Gasteiger partial charge in [0.1, 0.15) is 17.7 Å². The van der Waals surface area contributed by atoms with E-state index >= 15 is 0 Å². The molecule has 2 bridgehead atoms. The lowest BCUT2D eigenvalue weighted by molar-refractivity contribution is -0.126. The van der Waals surface area contributed by atoms with E-state index in [1.807, 2.05) is 42.3 Å². The van der Waals surface area contributed by atoms with Crippen molar-refractivity contribution in [1.82, 2.24) is 29.9 Å². The van der Waals surface area contributed by atoms with Gasteiger partial charge in [0.05, 0.1) is 12.4 Å². The van der Waals surface area contributed by atoms with Crippen molar-refractivity contribution in [1.29, 1.82) is 0 Å². The van der Waals surface area contributed by atoms with E-state index in [1.165, 1.54) is 0 Å². The average molecular weight is 404 g/mol. The molecule has 5 rings (SSSR count). The molecule has 4 atom stereocenters.